The highest BCUT2D eigenvalue weighted by Crippen LogP contribution is 2.23. The van der Waals surface area contributed by atoms with Gasteiger partial charge in [0.1, 0.15) is 24.4 Å². The van der Waals surface area contributed by atoms with E-state index in [9.17, 15) is 20.1 Å². The van der Waals surface area contributed by atoms with Gasteiger partial charge in [0.25, 0.3) is 0 Å². The van der Waals surface area contributed by atoms with E-state index >= 15 is 0 Å². The number of carbonyl (C=O) groups excluding carboxylic acids is 1. The molecule has 1 aromatic rings. The van der Waals surface area contributed by atoms with Gasteiger partial charge in [0.15, 0.2) is 6.29 Å². The van der Waals surface area contributed by atoms with Crippen molar-refractivity contribution in [1.82, 2.24) is 4.90 Å². The molecule has 5 atom stereocenters. The minimum Gasteiger partial charge on any atom is -0.388 e. The summed E-state index contributed by atoms with van der Waals surface area (Å²) in [5, 5.41) is 31.0. The number of aryl methyl sites for hydroxylation is 1. The summed E-state index contributed by atoms with van der Waals surface area (Å²) in [6.45, 7) is 2.99. The van der Waals surface area contributed by atoms with Crippen LogP contribution in [0.4, 0.5) is 0 Å². The molecule has 0 aliphatic carbocycles. The summed E-state index contributed by atoms with van der Waals surface area (Å²) < 4.78 is 10.9. The number of unbranched alkanes of at least 4 members (excludes halogenated alkanes) is 15. The lowest BCUT2D eigenvalue weighted by Gasteiger charge is -2.41. The largest absolute Gasteiger partial charge is 0.388 e. The molecule has 1 amide bonds. The molecule has 1 aliphatic heterocycles. The Morgan fingerprint density at radius 3 is 1.83 bits per heavy atom. The van der Waals surface area contributed by atoms with Gasteiger partial charge in [-0.1, -0.05) is 127 Å². The predicted molar refractivity (Wildman–Crippen MR) is 169 cm³/mol. The van der Waals surface area contributed by atoms with Crippen molar-refractivity contribution in [3.8, 4) is 0 Å². The van der Waals surface area contributed by atoms with Crippen molar-refractivity contribution in [1.29, 1.82) is 0 Å². The van der Waals surface area contributed by atoms with Gasteiger partial charge in [0, 0.05) is 26.6 Å². The molecule has 7 heteroatoms. The molecule has 0 bridgehead atoms. The van der Waals surface area contributed by atoms with Crippen LogP contribution >= 0.6 is 0 Å². The number of aliphatic hydroxyl groups is 3. The van der Waals surface area contributed by atoms with E-state index in [2.05, 4.69) is 19.1 Å². The van der Waals surface area contributed by atoms with Crippen LogP contribution in [0.1, 0.15) is 128 Å². The monoisotopic (exact) mass is 591 g/mol. The Labute approximate surface area is 256 Å². The normalized spacial score (nSPS) is 22.4. The van der Waals surface area contributed by atoms with Crippen molar-refractivity contribution in [2.45, 2.75) is 160 Å². The topological polar surface area (TPSA) is 99.5 Å². The van der Waals surface area contributed by atoms with Gasteiger partial charge < -0.3 is 29.7 Å². The van der Waals surface area contributed by atoms with Gasteiger partial charge in [0.2, 0.25) is 5.91 Å². The standard InChI is InChI=1S/C35H61NO6/c1-3-4-5-6-7-8-9-10-11-12-13-14-15-16-20-26-31(37)36(27-22-21-25-29-23-18-17-19-24-29)28-30-32(38)33(39)34(40)35(41-2)42-30/h17-19,23-24,30,32-35,38-40H,3-16,20-22,25-28H2,1-2H3/t30-,32+,33+,34-,35-/m1/s1. The number of rotatable bonds is 24. The maximum absolute atomic E-state index is 13.3. The van der Waals surface area contributed by atoms with E-state index in [1.807, 2.05) is 18.2 Å². The minimum atomic E-state index is -1.39. The number of nitrogens with zero attached hydrogens (tertiary/aromatic N) is 1. The van der Waals surface area contributed by atoms with E-state index in [0.29, 0.717) is 13.0 Å². The molecule has 0 spiro atoms. The molecule has 1 heterocycles. The molecule has 2 rings (SSSR count). The van der Waals surface area contributed by atoms with Gasteiger partial charge >= 0.3 is 0 Å². The van der Waals surface area contributed by atoms with Crippen molar-refractivity contribution < 1.29 is 29.6 Å². The first kappa shape index (κ1) is 36.7. The van der Waals surface area contributed by atoms with Crippen LogP contribution in [0.25, 0.3) is 0 Å². The number of benzene rings is 1. The van der Waals surface area contributed by atoms with Gasteiger partial charge in [-0.25, -0.2) is 0 Å². The smallest absolute Gasteiger partial charge is 0.222 e. The number of carbonyl (C=O) groups is 1. The lowest BCUT2D eigenvalue weighted by Crippen LogP contribution is -2.60. The maximum Gasteiger partial charge on any atom is 0.222 e. The van der Waals surface area contributed by atoms with Crippen LogP contribution < -0.4 is 0 Å². The van der Waals surface area contributed by atoms with Gasteiger partial charge in [0.05, 0.1) is 0 Å². The van der Waals surface area contributed by atoms with Crippen LogP contribution in [-0.2, 0) is 20.7 Å². The molecule has 1 aliphatic rings. The number of hydrogen-bond acceptors (Lipinski definition) is 6. The Morgan fingerprint density at radius 1 is 0.738 bits per heavy atom. The summed E-state index contributed by atoms with van der Waals surface area (Å²) in [7, 11) is 1.39. The second kappa shape index (κ2) is 22.9. The van der Waals surface area contributed by atoms with E-state index in [1.54, 1.807) is 4.90 Å². The van der Waals surface area contributed by atoms with Crippen LogP contribution in [0.15, 0.2) is 30.3 Å². The number of ether oxygens (including phenoxy) is 2. The zero-order chi connectivity index (χ0) is 30.4. The quantitative estimate of drug-likeness (QED) is 0.118. The number of methoxy groups -OCH3 is 1. The average Bonchev–Trinajstić information content (AvgIpc) is 3.01. The molecule has 1 saturated heterocycles. The van der Waals surface area contributed by atoms with Gasteiger partial charge in [-0.15, -0.1) is 0 Å². The van der Waals surface area contributed by atoms with E-state index in [-0.39, 0.29) is 12.5 Å². The number of amides is 1. The summed E-state index contributed by atoms with van der Waals surface area (Å²) in [5.41, 5.74) is 1.28. The summed E-state index contributed by atoms with van der Waals surface area (Å²) in [6.07, 6.45) is 16.6. The van der Waals surface area contributed by atoms with Crippen LogP contribution in [0.2, 0.25) is 0 Å². The highest BCUT2D eigenvalue weighted by Gasteiger charge is 2.44. The summed E-state index contributed by atoms with van der Waals surface area (Å²) in [6, 6.07) is 10.3. The summed E-state index contributed by atoms with van der Waals surface area (Å²) in [5.74, 6) is 0.0507. The van der Waals surface area contributed by atoms with Crippen molar-refractivity contribution in [2.75, 3.05) is 20.2 Å². The molecule has 42 heavy (non-hydrogen) atoms. The Balaban J connectivity index is 1.68. The Hall–Kier alpha value is -1.51. The highest BCUT2D eigenvalue weighted by atomic mass is 16.7. The summed E-state index contributed by atoms with van der Waals surface area (Å²) >= 11 is 0. The molecule has 0 saturated carbocycles. The first-order chi connectivity index (χ1) is 20.5. The van der Waals surface area contributed by atoms with Crippen molar-refractivity contribution >= 4 is 5.91 Å². The fourth-order valence-corrected chi connectivity index (χ4v) is 5.88. The van der Waals surface area contributed by atoms with Crippen molar-refractivity contribution in [2.24, 2.45) is 0 Å². The lowest BCUT2D eigenvalue weighted by molar-refractivity contribution is -0.291. The third-order valence-corrected chi connectivity index (χ3v) is 8.63. The zero-order valence-corrected chi connectivity index (χ0v) is 26.6. The lowest BCUT2D eigenvalue weighted by atomic mass is 9.98. The van der Waals surface area contributed by atoms with Gasteiger partial charge in [-0.3, -0.25) is 4.79 Å². The Morgan fingerprint density at radius 2 is 1.29 bits per heavy atom. The van der Waals surface area contributed by atoms with E-state index in [4.69, 9.17) is 9.47 Å². The molecule has 3 N–H and O–H groups in total. The Kier molecular flexibility index (Phi) is 20.0. The molecule has 7 nitrogen and oxygen atoms in total. The molecular formula is C35H61NO6. The first-order valence-corrected chi connectivity index (χ1v) is 17.0. The minimum absolute atomic E-state index is 0.0507. The third kappa shape index (κ3) is 14.8. The average molecular weight is 592 g/mol. The fourth-order valence-electron chi connectivity index (χ4n) is 5.88. The Bertz CT molecular complexity index is 791. The molecule has 0 unspecified atom stereocenters. The highest BCUT2D eigenvalue weighted by molar-refractivity contribution is 5.76. The second-order valence-corrected chi connectivity index (χ2v) is 12.2. The molecular weight excluding hydrogens is 530 g/mol. The van der Waals surface area contributed by atoms with Crippen LogP contribution in [0.3, 0.4) is 0 Å². The summed E-state index contributed by atoms with van der Waals surface area (Å²) in [4.78, 5) is 15.0. The predicted octanol–water partition coefficient (Wildman–Crippen LogP) is 6.55. The molecule has 1 aromatic carbocycles. The second-order valence-electron chi connectivity index (χ2n) is 12.2. The van der Waals surface area contributed by atoms with Crippen molar-refractivity contribution in [3.05, 3.63) is 35.9 Å². The number of hydrogen-bond donors (Lipinski definition) is 3. The van der Waals surface area contributed by atoms with E-state index in [1.165, 1.54) is 89.7 Å². The van der Waals surface area contributed by atoms with Crippen LogP contribution in [-0.4, -0.2) is 77.0 Å². The number of aliphatic hydroxyl groups excluding tert-OH is 3. The SMILES string of the molecule is CCCCCCCCCCCCCCCCCC(=O)N(CCCCc1ccccc1)C[C@H]1O[C@@H](OC)[C@H](O)[C@@H](O)[C@H]1O. The van der Waals surface area contributed by atoms with Crippen LogP contribution in [0, 0.1) is 0 Å². The fraction of sp³-hybridized carbons (Fsp3) is 0.800. The van der Waals surface area contributed by atoms with Gasteiger partial charge in [-0.2, -0.15) is 0 Å². The zero-order valence-electron chi connectivity index (χ0n) is 26.6. The molecule has 0 aromatic heterocycles. The molecule has 1 fully saturated rings. The van der Waals surface area contributed by atoms with Crippen molar-refractivity contribution in [3.63, 3.8) is 0 Å². The maximum atomic E-state index is 13.3. The van der Waals surface area contributed by atoms with Gasteiger partial charge in [-0.05, 0) is 31.2 Å². The first-order valence-electron chi connectivity index (χ1n) is 17.0. The molecule has 0 radical (unpaired) electrons. The van der Waals surface area contributed by atoms with Crippen LogP contribution in [0.5, 0.6) is 0 Å². The van der Waals surface area contributed by atoms with E-state index < -0.39 is 30.7 Å². The molecule has 242 valence electrons. The third-order valence-electron chi connectivity index (χ3n) is 8.63. The van der Waals surface area contributed by atoms with E-state index in [0.717, 1.165) is 38.5 Å².